The number of imidazole rings is 1. The van der Waals surface area contributed by atoms with Crippen molar-refractivity contribution in [1.82, 2.24) is 15.0 Å². The third kappa shape index (κ3) is 1.89. The predicted molar refractivity (Wildman–Crippen MR) is 66.2 cm³/mol. The second-order valence-electron chi connectivity index (χ2n) is 4.08. The van der Waals surface area contributed by atoms with Crippen molar-refractivity contribution in [2.24, 2.45) is 0 Å². The zero-order valence-corrected chi connectivity index (χ0v) is 9.89. The number of nitrogens with one attached hydrogen (secondary N) is 1. The Bertz CT molecular complexity index is 809. The molecule has 100 valence electrons. The molecular weight excluding hydrogens is 268 g/mol. The van der Waals surface area contributed by atoms with Gasteiger partial charge in [-0.1, -0.05) is 6.07 Å². The first-order chi connectivity index (χ1) is 9.56. The lowest BCUT2D eigenvalue weighted by Gasteiger charge is -1.99. The molecular formula is C13H7F2N3O2. The molecule has 0 amide bonds. The summed E-state index contributed by atoms with van der Waals surface area (Å²) in [5.74, 6) is -2.71. The third-order valence-corrected chi connectivity index (χ3v) is 2.78. The zero-order valence-electron chi connectivity index (χ0n) is 9.89. The lowest BCUT2D eigenvalue weighted by molar-refractivity contribution is 0.0696. The Morgan fingerprint density at radius 2 is 1.95 bits per heavy atom. The van der Waals surface area contributed by atoms with Crippen molar-refractivity contribution in [3.8, 4) is 11.4 Å². The van der Waals surface area contributed by atoms with Gasteiger partial charge in [0.2, 0.25) is 0 Å². The molecule has 3 rings (SSSR count). The molecule has 20 heavy (non-hydrogen) atoms. The van der Waals surface area contributed by atoms with Crippen molar-refractivity contribution < 1.29 is 18.7 Å². The van der Waals surface area contributed by atoms with Gasteiger partial charge in [0.25, 0.3) is 0 Å². The maximum atomic E-state index is 13.7. The molecule has 0 bridgehead atoms. The van der Waals surface area contributed by atoms with Gasteiger partial charge in [-0.2, -0.15) is 0 Å². The fraction of sp³-hybridized carbons (Fsp3) is 0. The quantitative estimate of drug-likeness (QED) is 0.753. The van der Waals surface area contributed by atoms with Crippen LogP contribution in [-0.2, 0) is 0 Å². The highest BCUT2D eigenvalue weighted by atomic mass is 19.1. The summed E-state index contributed by atoms with van der Waals surface area (Å²) in [7, 11) is 0. The summed E-state index contributed by atoms with van der Waals surface area (Å²) >= 11 is 0. The first-order valence-electron chi connectivity index (χ1n) is 5.59. The predicted octanol–water partition coefficient (Wildman–Crippen LogP) is 2.60. The molecule has 2 heterocycles. The van der Waals surface area contributed by atoms with Gasteiger partial charge in [-0.05, 0) is 18.2 Å². The van der Waals surface area contributed by atoms with Gasteiger partial charge in [0.05, 0.1) is 16.6 Å². The Kier molecular flexibility index (Phi) is 2.67. The van der Waals surface area contributed by atoms with Crippen molar-refractivity contribution in [1.29, 1.82) is 0 Å². The Labute approximate surface area is 110 Å². The molecule has 2 aromatic heterocycles. The molecule has 0 aliphatic heterocycles. The molecule has 0 radical (unpaired) electrons. The summed E-state index contributed by atoms with van der Waals surface area (Å²) in [5.41, 5.74) is 0.138. The van der Waals surface area contributed by atoms with E-state index in [1.807, 2.05) is 0 Å². The fourth-order valence-electron chi connectivity index (χ4n) is 1.86. The van der Waals surface area contributed by atoms with Crippen LogP contribution < -0.4 is 0 Å². The average molecular weight is 275 g/mol. The second-order valence-corrected chi connectivity index (χ2v) is 4.08. The van der Waals surface area contributed by atoms with Crippen LogP contribution in [0.3, 0.4) is 0 Å². The number of aromatic carboxylic acids is 1. The standard InChI is InChI=1S/C13H7F2N3O2/c14-7-2-1-3-8(15)10(7)12-17-9-4-6(13(19)20)5-16-11(9)18-12/h1-5H,(H,19,20)(H,16,17,18). The van der Waals surface area contributed by atoms with E-state index in [9.17, 15) is 13.6 Å². The smallest absolute Gasteiger partial charge is 0.337 e. The van der Waals surface area contributed by atoms with Crippen LogP contribution >= 0.6 is 0 Å². The van der Waals surface area contributed by atoms with Crippen molar-refractivity contribution >= 4 is 17.1 Å². The van der Waals surface area contributed by atoms with E-state index in [1.54, 1.807) is 0 Å². The Morgan fingerprint density at radius 1 is 1.25 bits per heavy atom. The van der Waals surface area contributed by atoms with Crippen LogP contribution in [0.4, 0.5) is 8.78 Å². The summed E-state index contributed by atoms with van der Waals surface area (Å²) in [4.78, 5) is 21.3. The number of aromatic amines is 1. The molecule has 0 fully saturated rings. The minimum atomic E-state index is -1.15. The maximum Gasteiger partial charge on any atom is 0.337 e. The summed E-state index contributed by atoms with van der Waals surface area (Å²) < 4.78 is 27.3. The number of rotatable bonds is 2. The van der Waals surface area contributed by atoms with Crippen molar-refractivity contribution in [2.75, 3.05) is 0 Å². The normalized spacial score (nSPS) is 10.9. The molecule has 0 unspecified atom stereocenters. The van der Waals surface area contributed by atoms with Crippen molar-refractivity contribution in [3.63, 3.8) is 0 Å². The highest BCUT2D eigenvalue weighted by Crippen LogP contribution is 2.25. The molecule has 0 aliphatic carbocycles. The van der Waals surface area contributed by atoms with Gasteiger partial charge in [0.15, 0.2) is 5.65 Å². The second kappa shape index (κ2) is 4.37. The summed E-state index contributed by atoms with van der Waals surface area (Å²) in [6.45, 7) is 0. The van der Waals surface area contributed by atoms with Gasteiger partial charge in [-0.25, -0.2) is 23.5 Å². The monoisotopic (exact) mass is 275 g/mol. The van der Waals surface area contributed by atoms with E-state index >= 15 is 0 Å². The van der Waals surface area contributed by atoms with E-state index in [4.69, 9.17) is 5.11 Å². The SMILES string of the molecule is O=C(O)c1cnc2nc(-c3c(F)cccc3F)[nH]c2c1. The molecule has 0 saturated heterocycles. The number of carbonyl (C=O) groups is 1. The third-order valence-electron chi connectivity index (χ3n) is 2.78. The van der Waals surface area contributed by atoms with Crippen LogP contribution in [-0.4, -0.2) is 26.0 Å². The van der Waals surface area contributed by atoms with Gasteiger partial charge in [-0.3, -0.25) is 0 Å². The number of fused-ring (bicyclic) bond motifs is 1. The van der Waals surface area contributed by atoms with E-state index in [0.29, 0.717) is 5.52 Å². The molecule has 7 heteroatoms. The van der Waals surface area contributed by atoms with Gasteiger partial charge >= 0.3 is 5.97 Å². The van der Waals surface area contributed by atoms with Crippen molar-refractivity contribution in [3.05, 3.63) is 47.7 Å². The van der Waals surface area contributed by atoms with Gasteiger partial charge in [0.1, 0.15) is 17.5 Å². The molecule has 5 nitrogen and oxygen atoms in total. The van der Waals surface area contributed by atoms with Crippen LogP contribution in [0.15, 0.2) is 30.5 Å². The van der Waals surface area contributed by atoms with Gasteiger partial charge in [-0.15, -0.1) is 0 Å². The van der Waals surface area contributed by atoms with Crippen LogP contribution in [0.25, 0.3) is 22.6 Å². The summed E-state index contributed by atoms with van der Waals surface area (Å²) in [6.07, 6.45) is 1.13. The number of hydrogen-bond donors (Lipinski definition) is 2. The van der Waals surface area contributed by atoms with E-state index < -0.39 is 17.6 Å². The lowest BCUT2D eigenvalue weighted by atomic mass is 10.2. The number of carboxylic acid groups (broad SMARTS) is 1. The fourth-order valence-corrected chi connectivity index (χ4v) is 1.86. The number of aromatic nitrogens is 3. The van der Waals surface area contributed by atoms with E-state index in [1.165, 1.54) is 12.1 Å². The Balaban J connectivity index is 2.21. The number of H-pyrrole nitrogens is 1. The van der Waals surface area contributed by atoms with Gasteiger partial charge < -0.3 is 10.1 Å². The average Bonchev–Trinajstić information content (AvgIpc) is 2.80. The topological polar surface area (TPSA) is 78.9 Å². The molecule has 1 aromatic carbocycles. The number of carboxylic acids is 1. The highest BCUT2D eigenvalue weighted by molar-refractivity contribution is 5.91. The highest BCUT2D eigenvalue weighted by Gasteiger charge is 2.16. The van der Waals surface area contributed by atoms with Crippen LogP contribution in [0.5, 0.6) is 0 Å². The van der Waals surface area contributed by atoms with Crippen molar-refractivity contribution in [2.45, 2.75) is 0 Å². The van der Waals surface area contributed by atoms with Crippen LogP contribution in [0.1, 0.15) is 10.4 Å². The molecule has 0 saturated carbocycles. The minimum Gasteiger partial charge on any atom is -0.478 e. The summed E-state index contributed by atoms with van der Waals surface area (Å²) in [6, 6.07) is 4.78. The van der Waals surface area contributed by atoms with E-state index in [-0.39, 0.29) is 22.6 Å². The molecule has 0 aliphatic rings. The zero-order chi connectivity index (χ0) is 14.3. The Hall–Kier alpha value is -2.83. The number of nitrogens with zero attached hydrogens (tertiary/aromatic N) is 2. The number of benzene rings is 1. The number of hydrogen-bond acceptors (Lipinski definition) is 3. The summed E-state index contributed by atoms with van der Waals surface area (Å²) in [5, 5.41) is 8.86. The Morgan fingerprint density at radius 3 is 2.60 bits per heavy atom. The number of halogens is 2. The van der Waals surface area contributed by atoms with Gasteiger partial charge in [0, 0.05) is 6.20 Å². The molecule has 2 N–H and O–H groups in total. The van der Waals surface area contributed by atoms with Crippen LogP contribution in [0, 0.1) is 11.6 Å². The minimum absolute atomic E-state index is 0.0364. The lowest BCUT2D eigenvalue weighted by Crippen LogP contribution is -1.96. The molecule has 3 aromatic rings. The van der Waals surface area contributed by atoms with Crippen LogP contribution in [0.2, 0.25) is 0 Å². The first kappa shape index (κ1) is 12.2. The first-order valence-corrected chi connectivity index (χ1v) is 5.59. The van der Waals surface area contributed by atoms with E-state index in [0.717, 1.165) is 18.3 Å². The molecule has 0 spiro atoms. The van der Waals surface area contributed by atoms with E-state index in [2.05, 4.69) is 15.0 Å². The maximum absolute atomic E-state index is 13.7. The number of pyridine rings is 1. The molecule has 0 atom stereocenters. The largest absolute Gasteiger partial charge is 0.478 e.